The maximum absolute atomic E-state index is 13.7. The number of halogens is 4. The molecule has 2 aromatic rings. The fourth-order valence-electron chi connectivity index (χ4n) is 1.88. The van der Waals surface area contributed by atoms with E-state index in [0.29, 0.717) is 12.0 Å². The molecule has 0 radical (unpaired) electrons. The first-order chi connectivity index (χ1) is 10.0. The molecule has 6 heteroatoms. The standard InChI is InChI=1S/C15H13F4NO/c16-11-2-1-3-12(17)10(11)8-21-15-13(18)6-9(4-5-20)7-14(15)19/h1-3,6-7H,4-5,8,20H2. The van der Waals surface area contributed by atoms with E-state index in [1.54, 1.807) is 0 Å². The van der Waals surface area contributed by atoms with E-state index in [1.807, 2.05) is 0 Å². The molecule has 2 nitrogen and oxygen atoms in total. The Morgan fingerprint density at radius 3 is 2.00 bits per heavy atom. The van der Waals surface area contributed by atoms with Crippen molar-refractivity contribution < 1.29 is 22.3 Å². The van der Waals surface area contributed by atoms with Gasteiger partial charge in [-0.3, -0.25) is 0 Å². The Bertz CT molecular complexity index is 602. The Hall–Kier alpha value is -2.08. The summed E-state index contributed by atoms with van der Waals surface area (Å²) < 4.78 is 59.2. The molecule has 2 rings (SSSR count). The molecule has 0 unspecified atom stereocenters. The maximum atomic E-state index is 13.7. The Labute approximate surface area is 119 Å². The fraction of sp³-hybridized carbons (Fsp3) is 0.200. The molecule has 0 saturated heterocycles. The zero-order valence-electron chi connectivity index (χ0n) is 11.0. The lowest BCUT2D eigenvalue weighted by Crippen LogP contribution is -2.07. The van der Waals surface area contributed by atoms with Crippen molar-refractivity contribution in [3.05, 3.63) is 64.7 Å². The van der Waals surface area contributed by atoms with Gasteiger partial charge in [-0.25, -0.2) is 17.6 Å². The molecule has 0 saturated carbocycles. The van der Waals surface area contributed by atoms with Crippen LogP contribution in [0.3, 0.4) is 0 Å². The van der Waals surface area contributed by atoms with Crippen LogP contribution in [0.15, 0.2) is 30.3 Å². The van der Waals surface area contributed by atoms with Crippen molar-refractivity contribution in [3.63, 3.8) is 0 Å². The van der Waals surface area contributed by atoms with Gasteiger partial charge < -0.3 is 10.5 Å². The third-order valence-electron chi connectivity index (χ3n) is 2.91. The van der Waals surface area contributed by atoms with Crippen molar-refractivity contribution in [2.45, 2.75) is 13.0 Å². The summed E-state index contributed by atoms with van der Waals surface area (Å²) in [5.41, 5.74) is 5.31. The van der Waals surface area contributed by atoms with E-state index in [9.17, 15) is 17.6 Å². The summed E-state index contributed by atoms with van der Waals surface area (Å²) in [6.45, 7) is -0.359. The van der Waals surface area contributed by atoms with Crippen molar-refractivity contribution in [2.24, 2.45) is 5.73 Å². The molecular weight excluding hydrogens is 286 g/mol. The van der Waals surface area contributed by atoms with Crippen molar-refractivity contribution in [1.29, 1.82) is 0 Å². The zero-order chi connectivity index (χ0) is 15.4. The summed E-state index contributed by atoms with van der Waals surface area (Å²) >= 11 is 0. The van der Waals surface area contributed by atoms with E-state index in [1.165, 1.54) is 6.07 Å². The molecule has 112 valence electrons. The van der Waals surface area contributed by atoms with Gasteiger partial charge in [0.2, 0.25) is 0 Å². The van der Waals surface area contributed by atoms with Gasteiger partial charge in [-0.2, -0.15) is 0 Å². The maximum Gasteiger partial charge on any atom is 0.191 e. The normalized spacial score (nSPS) is 10.7. The number of rotatable bonds is 5. The van der Waals surface area contributed by atoms with Crippen molar-refractivity contribution >= 4 is 0 Å². The molecule has 0 aliphatic heterocycles. The van der Waals surface area contributed by atoms with E-state index in [4.69, 9.17) is 10.5 Å². The van der Waals surface area contributed by atoms with E-state index in [2.05, 4.69) is 0 Å². The minimum Gasteiger partial charge on any atom is -0.483 e. The highest BCUT2D eigenvalue weighted by Gasteiger charge is 2.15. The van der Waals surface area contributed by atoms with Gasteiger partial charge >= 0.3 is 0 Å². The van der Waals surface area contributed by atoms with Gasteiger partial charge in [0.25, 0.3) is 0 Å². The van der Waals surface area contributed by atoms with Crippen LogP contribution in [0.2, 0.25) is 0 Å². The zero-order valence-corrected chi connectivity index (χ0v) is 11.0. The Morgan fingerprint density at radius 1 is 0.905 bits per heavy atom. The van der Waals surface area contributed by atoms with Crippen molar-refractivity contribution in [1.82, 2.24) is 0 Å². The average molecular weight is 299 g/mol. The van der Waals surface area contributed by atoms with Gasteiger partial charge in [0.15, 0.2) is 17.4 Å². The van der Waals surface area contributed by atoms with Crippen LogP contribution in [0.5, 0.6) is 5.75 Å². The summed E-state index contributed by atoms with van der Waals surface area (Å²) in [6, 6.07) is 5.45. The fourth-order valence-corrected chi connectivity index (χ4v) is 1.88. The smallest absolute Gasteiger partial charge is 0.191 e. The van der Waals surface area contributed by atoms with Gasteiger partial charge in [0.1, 0.15) is 18.2 Å². The van der Waals surface area contributed by atoms with Gasteiger partial charge in [0, 0.05) is 0 Å². The Morgan fingerprint density at radius 2 is 1.48 bits per heavy atom. The van der Waals surface area contributed by atoms with Gasteiger partial charge in [-0.15, -0.1) is 0 Å². The number of ether oxygens (including phenoxy) is 1. The van der Waals surface area contributed by atoms with Crippen LogP contribution in [-0.4, -0.2) is 6.54 Å². The number of hydrogen-bond acceptors (Lipinski definition) is 2. The second kappa shape index (κ2) is 6.58. The number of hydrogen-bond donors (Lipinski definition) is 1. The highest BCUT2D eigenvalue weighted by molar-refractivity contribution is 5.32. The minimum absolute atomic E-state index is 0.250. The quantitative estimate of drug-likeness (QED) is 0.860. The minimum atomic E-state index is -0.935. The SMILES string of the molecule is NCCc1cc(F)c(OCc2c(F)cccc2F)c(F)c1. The van der Waals surface area contributed by atoms with Crippen LogP contribution in [0, 0.1) is 23.3 Å². The molecule has 0 spiro atoms. The summed E-state index contributed by atoms with van der Waals surface area (Å²) in [5.74, 6) is -4.21. The van der Waals surface area contributed by atoms with Gasteiger partial charge in [-0.05, 0) is 42.8 Å². The van der Waals surface area contributed by atoms with Crippen molar-refractivity contribution in [3.8, 4) is 5.75 Å². The molecule has 2 aromatic carbocycles. The van der Waals surface area contributed by atoms with Crippen LogP contribution in [-0.2, 0) is 13.0 Å². The van der Waals surface area contributed by atoms with Crippen LogP contribution in [0.1, 0.15) is 11.1 Å². The summed E-state index contributed by atoms with van der Waals surface area (Å²) in [7, 11) is 0. The predicted molar refractivity (Wildman–Crippen MR) is 69.8 cm³/mol. The lowest BCUT2D eigenvalue weighted by molar-refractivity contribution is 0.263. The topological polar surface area (TPSA) is 35.2 Å². The number of nitrogens with two attached hydrogens (primary N) is 1. The molecule has 2 N–H and O–H groups in total. The third kappa shape index (κ3) is 3.52. The van der Waals surface area contributed by atoms with E-state index >= 15 is 0 Å². The monoisotopic (exact) mass is 299 g/mol. The van der Waals surface area contributed by atoms with E-state index in [0.717, 1.165) is 24.3 Å². The first-order valence-corrected chi connectivity index (χ1v) is 6.26. The first kappa shape index (κ1) is 15.3. The summed E-state index contributed by atoms with van der Waals surface area (Å²) in [4.78, 5) is 0. The Kier molecular flexibility index (Phi) is 4.80. The lowest BCUT2D eigenvalue weighted by Gasteiger charge is -2.11. The Balaban J connectivity index is 2.21. The second-order valence-corrected chi connectivity index (χ2v) is 4.42. The second-order valence-electron chi connectivity index (χ2n) is 4.42. The molecule has 0 aliphatic carbocycles. The van der Waals surface area contributed by atoms with E-state index in [-0.39, 0.29) is 12.1 Å². The first-order valence-electron chi connectivity index (χ1n) is 6.26. The molecule has 0 heterocycles. The van der Waals surface area contributed by atoms with Gasteiger partial charge in [-0.1, -0.05) is 6.07 Å². The molecule has 0 atom stereocenters. The molecule has 0 aliphatic rings. The average Bonchev–Trinajstić information content (AvgIpc) is 2.41. The number of benzene rings is 2. The molecule has 0 amide bonds. The molecule has 0 bridgehead atoms. The van der Waals surface area contributed by atoms with Crippen LogP contribution in [0.25, 0.3) is 0 Å². The van der Waals surface area contributed by atoms with Gasteiger partial charge in [0.05, 0.1) is 5.56 Å². The molecule has 0 aromatic heterocycles. The summed E-state index contributed by atoms with van der Waals surface area (Å²) in [5, 5.41) is 0. The highest BCUT2D eigenvalue weighted by atomic mass is 19.1. The molecule has 0 fully saturated rings. The molecular formula is C15H13F4NO. The van der Waals surface area contributed by atoms with Crippen LogP contribution < -0.4 is 10.5 Å². The lowest BCUT2D eigenvalue weighted by atomic mass is 10.1. The largest absolute Gasteiger partial charge is 0.483 e. The highest BCUT2D eigenvalue weighted by Crippen LogP contribution is 2.25. The van der Waals surface area contributed by atoms with Crippen LogP contribution in [0.4, 0.5) is 17.6 Å². The third-order valence-corrected chi connectivity index (χ3v) is 2.91. The molecule has 21 heavy (non-hydrogen) atoms. The summed E-state index contributed by atoms with van der Waals surface area (Å²) in [6.07, 6.45) is 0.316. The van der Waals surface area contributed by atoms with E-state index < -0.39 is 35.6 Å². The van der Waals surface area contributed by atoms with Crippen LogP contribution >= 0.6 is 0 Å². The van der Waals surface area contributed by atoms with Crippen molar-refractivity contribution in [2.75, 3.05) is 6.54 Å². The predicted octanol–water partition coefficient (Wildman–Crippen LogP) is 3.32.